The number of carbonyl (C=O) groups is 1. The Labute approximate surface area is 144 Å². The van der Waals surface area contributed by atoms with E-state index in [0.29, 0.717) is 12.0 Å². The average molecular weight is 332 g/mol. The Hall–Kier alpha value is -1.91. The summed E-state index contributed by atoms with van der Waals surface area (Å²) in [4.78, 5) is 13.0. The fourth-order valence-corrected chi connectivity index (χ4v) is 3.79. The maximum atomic E-state index is 11.2. The highest BCUT2D eigenvalue weighted by molar-refractivity contribution is 5.72. The molecule has 0 radical (unpaired) electrons. The van der Waals surface area contributed by atoms with Gasteiger partial charge in [-0.2, -0.15) is 0 Å². The zero-order chi connectivity index (χ0) is 16.9. The molecule has 1 heterocycles. The number of likely N-dealkylation sites (tertiary alicyclic amines) is 1. The SMILES string of the molecule is COc1ccc(CCC2CCN(C(N)=O)C2)cc1OC1CCCC1. The number of urea groups is 1. The van der Waals surface area contributed by atoms with Crippen molar-refractivity contribution in [1.82, 2.24) is 4.90 Å². The summed E-state index contributed by atoms with van der Waals surface area (Å²) in [5.74, 6) is 2.22. The molecule has 2 amide bonds. The van der Waals surface area contributed by atoms with Crippen LogP contribution >= 0.6 is 0 Å². The summed E-state index contributed by atoms with van der Waals surface area (Å²) in [6.07, 6.45) is 8.21. The van der Waals surface area contributed by atoms with Crippen molar-refractivity contribution in [3.8, 4) is 11.5 Å². The van der Waals surface area contributed by atoms with Gasteiger partial charge < -0.3 is 20.1 Å². The van der Waals surface area contributed by atoms with Crippen LogP contribution < -0.4 is 15.2 Å². The fourth-order valence-electron chi connectivity index (χ4n) is 3.79. The van der Waals surface area contributed by atoms with Gasteiger partial charge in [0.1, 0.15) is 0 Å². The summed E-state index contributed by atoms with van der Waals surface area (Å²) in [6, 6.07) is 5.94. The Kier molecular flexibility index (Phi) is 5.48. The molecule has 2 N–H and O–H groups in total. The lowest BCUT2D eigenvalue weighted by Gasteiger charge is -2.17. The minimum atomic E-state index is -0.297. The van der Waals surface area contributed by atoms with E-state index in [4.69, 9.17) is 15.2 Å². The smallest absolute Gasteiger partial charge is 0.314 e. The number of hydrogen-bond donors (Lipinski definition) is 1. The maximum Gasteiger partial charge on any atom is 0.314 e. The van der Waals surface area contributed by atoms with E-state index in [1.54, 1.807) is 12.0 Å². The van der Waals surface area contributed by atoms with Crippen LogP contribution in [0.15, 0.2) is 18.2 Å². The highest BCUT2D eigenvalue weighted by Crippen LogP contribution is 2.33. The molecule has 5 heteroatoms. The second-order valence-corrected chi connectivity index (χ2v) is 6.99. The summed E-state index contributed by atoms with van der Waals surface area (Å²) in [6.45, 7) is 1.58. The first-order chi connectivity index (χ1) is 11.7. The summed E-state index contributed by atoms with van der Waals surface area (Å²) in [5, 5.41) is 0. The quantitative estimate of drug-likeness (QED) is 0.869. The lowest BCUT2D eigenvalue weighted by atomic mass is 9.98. The molecule has 1 saturated carbocycles. The maximum absolute atomic E-state index is 11.2. The summed E-state index contributed by atoms with van der Waals surface area (Å²) >= 11 is 0. The number of ether oxygens (including phenoxy) is 2. The first kappa shape index (κ1) is 16.9. The molecule has 0 spiro atoms. The third kappa shape index (κ3) is 4.13. The predicted octanol–water partition coefficient (Wildman–Crippen LogP) is 3.35. The Bertz CT molecular complexity index is 570. The molecule has 0 bridgehead atoms. The number of primary amides is 1. The Morgan fingerprint density at radius 1 is 1.25 bits per heavy atom. The number of nitrogens with zero attached hydrogens (tertiary/aromatic N) is 1. The van der Waals surface area contributed by atoms with Gasteiger partial charge in [-0.3, -0.25) is 0 Å². The van der Waals surface area contributed by atoms with Gasteiger partial charge in [0.05, 0.1) is 13.2 Å². The number of carbonyl (C=O) groups excluding carboxylic acids is 1. The summed E-state index contributed by atoms with van der Waals surface area (Å²) in [7, 11) is 1.69. The lowest BCUT2D eigenvalue weighted by Crippen LogP contribution is -2.33. The van der Waals surface area contributed by atoms with Crippen LogP contribution in [0.2, 0.25) is 0 Å². The van der Waals surface area contributed by atoms with Crippen molar-refractivity contribution in [2.24, 2.45) is 11.7 Å². The van der Waals surface area contributed by atoms with Gasteiger partial charge in [-0.15, -0.1) is 0 Å². The molecule has 5 nitrogen and oxygen atoms in total. The zero-order valence-corrected chi connectivity index (χ0v) is 14.5. The molecular weight excluding hydrogens is 304 g/mol. The third-order valence-corrected chi connectivity index (χ3v) is 5.26. The van der Waals surface area contributed by atoms with E-state index in [-0.39, 0.29) is 6.03 Å². The van der Waals surface area contributed by atoms with Crippen LogP contribution in [0.25, 0.3) is 0 Å². The van der Waals surface area contributed by atoms with Crippen molar-refractivity contribution >= 4 is 6.03 Å². The highest BCUT2D eigenvalue weighted by atomic mass is 16.5. The predicted molar refractivity (Wildman–Crippen MR) is 93.5 cm³/mol. The van der Waals surface area contributed by atoms with Gasteiger partial charge in [0, 0.05) is 13.1 Å². The molecule has 0 aromatic heterocycles. The number of rotatable bonds is 6. The van der Waals surface area contributed by atoms with E-state index in [1.165, 1.54) is 18.4 Å². The Morgan fingerprint density at radius 2 is 2.04 bits per heavy atom. The van der Waals surface area contributed by atoms with Crippen molar-refractivity contribution in [2.45, 2.75) is 51.0 Å². The van der Waals surface area contributed by atoms with E-state index in [2.05, 4.69) is 12.1 Å². The van der Waals surface area contributed by atoms with Gasteiger partial charge in [-0.05, 0) is 68.6 Å². The Balaban J connectivity index is 1.58. The van der Waals surface area contributed by atoms with Crippen molar-refractivity contribution in [2.75, 3.05) is 20.2 Å². The number of nitrogens with two attached hydrogens (primary N) is 1. The molecule has 1 atom stereocenters. The molecular formula is C19H28N2O3. The number of amides is 2. The number of hydrogen-bond acceptors (Lipinski definition) is 3. The number of benzene rings is 1. The first-order valence-electron chi connectivity index (χ1n) is 9.03. The topological polar surface area (TPSA) is 64.8 Å². The van der Waals surface area contributed by atoms with E-state index in [0.717, 1.165) is 56.7 Å². The number of methoxy groups -OCH3 is 1. The monoisotopic (exact) mass is 332 g/mol. The van der Waals surface area contributed by atoms with Gasteiger partial charge >= 0.3 is 6.03 Å². The Morgan fingerprint density at radius 3 is 2.71 bits per heavy atom. The minimum Gasteiger partial charge on any atom is -0.493 e. The average Bonchev–Trinajstić information content (AvgIpc) is 3.24. The van der Waals surface area contributed by atoms with Gasteiger partial charge in [-0.1, -0.05) is 6.07 Å². The van der Waals surface area contributed by atoms with Crippen LogP contribution in [0.4, 0.5) is 4.79 Å². The molecule has 1 unspecified atom stereocenters. The second kappa shape index (κ2) is 7.77. The third-order valence-electron chi connectivity index (χ3n) is 5.26. The molecule has 3 rings (SSSR count). The second-order valence-electron chi connectivity index (χ2n) is 6.99. The largest absolute Gasteiger partial charge is 0.493 e. The molecule has 1 aliphatic carbocycles. The van der Waals surface area contributed by atoms with Crippen LogP contribution in [-0.2, 0) is 6.42 Å². The van der Waals surface area contributed by atoms with Crippen molar-refractivity contribution in [1.29, 1.82) is 0 Å². The summed E-state index contributed by atoms with van der Waals surface area (Å²) in [5.41, 5.74) is 6.62. The molecule has 1 saturated heterocycles. The highest BCUT2D eigenvalue weighted by Gasteiger charge is 2.24. The molecule has 1 aromatic carbocycles. The normalized spacial score (nSPS) is 21.2. The van der Waals surface area contributed by atoms with Crippen LogP contribution in [0.3, 0.4) is 0 Å². The first-order valence-corrected chi connectivity index (χ1v) is 9.03. The van der Waals surface area contributed by atoms with Crippen LogP contribution in [0.5, 0.6) is 11.5 Å². The van der Waals surface area contributed by atoms with Gasteiger partial charge in [0.25, 0.3) is 0 Å². The molecule has 2 fully saturated rings. The zero-order valence-electron chi connectivity index (χ0n) is 14.5. The van der Waals surface area contributed by atoms with Crippen LogP contribution in [0, 0.1) is 5.92 Å². The van der Waals surface area contributed by atoms with Gasteiger partial charge in [0.15, 0.2) is 11.5 Å². The molecule has 1 aromatic rings. The molecule has 2 aliphatic rings. The van der Waals surface area contributed by atoms with Crippen molar-refractivity contribution < 1.29 is 14.3 Å². The van der Waals surface area contributed by atoms with Crippen LogP contribution in [-0.4, -0.2) is 37.2 Å². The van der Waals surface area contributed by atoms with E-state index in [1.807, 2.05) is 6.07 Å². The lowest BCUT2D eigenvalue weighted by molar-refractivity contribution is 0.200. The van der Waals surface area contributed by atoms with Gasteiger partial charge in [0.2, 0.25) is 0 Å². The standard InChI is InChI=1S/C19H28N2O3/c1-23-17-9-8-14(12-18(17)24-16-4-2-3-5-16)6-7-15-10-11-21(13-15)19(20)22/h8-9,12,15-16H,2-7,10-11,13H2,1H3,(H2,20,22). The van der Waals surface area contributed by atoms with E-state index < -0.39 is 0 Å². The van der Waals surface area contributed by atoms with E-state index in [9.17, 15) is 4.79 Å². The van der Waals surface area contributed by atoms with E-state index >= 15 is 0 Å². The van der Waals surface area contributed by atoms with Crippen molar-refractivity contribution in [3.05, 3.63) is 23.8 Å². The summed E-state index contributed by atoms with van der Waals surface area (Å²) < 4.78 is 11.6. The molecule has 1 aliphatic heterocycles. The van der Waals surface area contributed by atoms with Gasteiger partial charge in [-0.25, -0.2) is 4.79 Å². The fraction of sp³-hybridized carbons (Fsp3) is 0.632. The van der Waals surface area contributed by atoms with Crippen molar-refractivity contribution in [3.63, 3.8) is 0 Å². The number of aryl methyl sites for hydroxylation is 1. The minimum absolute atomic E-state index is 0.297. The molecule has 24 heavy (non-hydrogen) atoms. The molecule has 132 valence electrons. The van der Waals surface area contributed by atoms with Crippen LogP contribution in [0.1, 0.15) is 44.1 Å².